The second-order valence-corrected chi connectivity index (χ2v) is 1.60. The molecular weight excluding hydrogens is 100 g/mol. The molecule has 0 spiro atoms. The van der Waals surface area contributed by atoms with Crippen LogP contribution in [0.15, 0.2) is 12.8 Å². The van der Waals surface area contributed by atoms with Crippen LogP contribution < -0.4 is 5.43 Å². The molecule has 0 atom stereocenters. The van der Waals surface area contributed by atoms with E-state index in [0.717, 1.165) is 13.0 Å². The number of rotatable bonds is 4. The average molecular weight is 114 g/mol. The molecule has 0 aromatic carbocycles. The van der Waals surface area contributed by atoms with Gasteiger partial charge in [-0.05, 0) is 6.42 Å². The summed E-state index contributed by atoms with van der Waals surface area (Å²) in [6.07, 6.45) is 2.93. The minimum Gasteiger partial charge on any atom is -0.317 e. The van der Waals surface area contributed by atoms with Gasteiger partial charge in [0.25, 0.3) is 0 Å². The lowest BCUT2D eigenvalue weighted by atomic mass is 10.5. The fraction of sp³-hybridized carbons (Fsp3) is 0.667. The summed E-state index contributed by atoms with van der Waals surface area (Å²) in [4.78, 5) is 0. The molecule has 0 aliphatic heterocycles. The van der Waals surface area contributed by atoms with E-state index in [1.807, 2.05) is 12.1 Å². The van der Waals surface area contributed by atoms with Gasteiger partial charge in [0.2, 0.25) is 0 Å². The van der Waals surface area contributed by atoms with E-state index in [2.05, 4.69) is 18.9 Å². The van der Waals surface area contributed by atoms with E-state index >= 15 is 0 Å². The van der Waals surface area contributed by atoms with Gasteiger partial charge in [-0.3, -0.25) is 0 Å². The van der Waals surface area contributed by atoms with Gasteiger partial charge in [-0.1, -0.05) is 13.5 Å². The predicted octanol–water partition coefficient (Wildman–Crippen LogP) is 0.976. The van der Waals surface area contributed by atoms with Gasteiger partial charge < -0.3 is 5.01 Å². The lowest BCUT2D eigenvalue weighted by Gasteiger charge is -2.16. The van der Waals surface area contributed by atoms with E-state index in [4.69, 9.17) is 0 Å². The summed E-state index contributed by atoms with van der Waals surface area (Å²) in [6.45, 7) is 6.77. The van der Waals surface area contributed by atoms with Crippen LogP contribution in [0.25, 0.3) is 0 Å². The first-order chi connectivity index (χ1) is 3.85. The molecule has 0 fully saturated rings. The van der Waals surface area contributed by atoms with Crippen LogP contribution in [0.1, 0.15) is 13.3 Å². The highest BCUT2D eigenvalue weighted by Crippen LogP contribution is 1.82. The van der Waals surface area contributed by atoms with Gasteiger partial charge in [0.15, 0.2) is 0 Å². The van der Waals surface area contributed by atoms with Gasteiger partial charge in [0, 0.05) is 19.8 Å². The molecule has 48 valence electrons. The van der Waals surface area contributed by atoms with Crippen molar-refractivity contribution in [2.45, 2.75) is 13.3 Å². The molecule has 1 N–H and O–H groups in total. The van der Waals surface area contributed by atoms with Crippen molar-refractivity contribution in [1.29, 1.82) is 0 Å². The van der Waals surface area contributed by atoms with Crippen molar-refractivity contribution >= 4 is 0 Å². The second-order valence-electron chi connectivity index (χ2n) is 1.60. The molecule has 0 aliphatic carbocycles. The fourth-order valence-corrected chi connectivity index (χ4v) is 0.535. The highest BCUT2D eigenvalue weighted by molar-refractivity contribution is 4.63. The Morgan fingerprint density at radius 2 is 2.38 bits per heavy atom. The molecule has 0 radical (unpaired) electrons. The molecule has 0 heterocycles. The van der Waals surface area contributed by atoms with Crippen LogP contribution in [-0.2, 0) is 0 Å². The largest absolute Gasteiger partial charge is 0.317 e. The number of hydrazine groups is 1. The summed E-state index contributed by atoms with van der Waals surface area (Å²) in [5.74, 6) is 0. The molecule has 0 rings (SSSR count). The van der Waals surface area contributed by atoms with Crippen LogP contribution in [0.4, 0.5) is 0 Å². The van der Waals surface area contributed by atoms with Crippen molar-refractivity contribution in [3.8, 4) is 0 Å². The molecule has 0 amide bonds. The maximum absolute atomic E-state index is 3.61. The summed E-state index contributed by atoms with van der Waals surface area (Å²) in [5, 5.41) is 1.94. The zero-order valence-electron chi connectivity index (χ0n) is 5.65. The van der Waals surface area contributed by atoms with Gasteiger partial charge in [-0.2, -0.15) is 0 Å². The molecule has 0 saturated carbocycles. The first-order valence-corrected chi connectivity index (χ1v) is 2.91. The van der Waals surface area contributed by atoms with Gasteiger partial charge >= 0.3 is 0 Å². The summed E-state index contributed by atoms with van der Waals surface area (Å²) < 4.78 is 0. The molecule has 2 heteroatoms. The van der Waals surface area contributed by atoms with Gasteiger partial charge in [-0.25, -0.2) is 5.43 Å². The lowest BCUT2D eigenvalue weighted by Crippen LogP contribution is -2.29. The van der Waals surface area contributed by atoms with E-state index < -0.39 is 0 Å². The maximum Gasteiger partial charge on any atom is 0.0334 e. The number of nitrogens with one attached hydrogen (secondary N) is 1. The fourth-order valence-electron chi connectivity index (χ4n) is 0.535. The SMILES string of the molecule is C=CN(CCC)NC. The summed E-state index contributed by atoms with van der Waals surface area (Å²) in [7, 11) is 1.89. The van der Waals surface area contributed by atoms with Crippen LogP contribution in [0.3, 0.4) is 0 Å². The number of hydrogen-bond acceptors (Lipinski definition) is 2. The zero-order chi connectivity index (χ0) is 6.41. The van der Waals surface area contributed by atoms with E-state index in [1.54, 1.807) is 6.20 Å². The predicted molar refractivity (Wildman–Crippen MR) is 36.3 cm³/mol. The number of nitrogens with zero attached hydrogens (tertiary/aromatic N) is 1. The van der Waals surface area contributed by atoms with Crippen LogP contribution >= 0.6 is 0 Å². The van der Waals surface area contributed by atoms with Crippen molar-refractivity contribution < 1.29 is 0 Å². The maximum atomic E-state index is 3.61. The van der Waals surface area contributed by atoms with Gasteiger partial charge in [-0.15, -0.1) is 0 Å². The Hall–Kier alpha value is -0.500. The van der Waals surface area contributed by atoms with E-state index in [0.29, 0.717) is 0 Å². The molecule has 0 saturated heterocycles. The highest BCUT2D eigenvalue weighted by atomic mass is 15.5. The molecule has 2 nitrogen and oxygen atoms in total. The van der Waals surface area contributed by atoms with Crippen LogP contribution in [0, 0.1) is 0 Å². The Morgan fingerprint density at radius 1 is 1.75 bits per heavy atom. The first-order valence-electron chi connectivity index (χ1n) is 2.91. The Bertz CT molecular complexity index is 61.5. The van der Waals surface area contributed by atoms with Gasteiger partial charge in [0.05, 0.1) is 0 Å². The zero-order valence-corrected chi connectivity index (χ0v) is 5.65. The Morgan fingerprint density at radius 3 is 2.50 bits per heavy atom. The van der Waals surface area contributed by atoms with Crippen LogP contribution in [0.5, 0.6) is 0 Å². The Labute approximate surface area is 51.2 Å². The van der Waals surface area contributed by atoms with Crippen molar-refractivity contribution in [2.75, 3.05) is 13.6 Å². The highest BCUT2D eigenvalue weighted by Gasteiger charge is 1.86. The molecule has 0 bridgehead atoms. The third-order valence-corrected chi connectivity index (χ3v) is 0.972. The van der Waals surface area contributed by atoms with Crippen LogP contribution in [0.2, 0.25) is 0 Å². The molecule has 0 unspecified atom stereocenters. The van der Waals surface area contributed by atoms with E-state index in [-0.39, 0.29) is 0 Å². The van der Waals surface area contributed by atoms with E-state index in [1.165, 1.54) is 0 Å². The quantitative estimate of drug-likeness (QED) is 0.548. The first kappa shape index (κ1) is 7.50. The van der Waals surface area contributed by atoms with Gasteiger partial charge in [0.1, 0.15) is 0 Å². The third kappa shape index (κ3) is 2.64. The minimum atomic E-state index is 1.03. The summed E-state index contributed by atoms with van der Waals surface area (Å²) >= 11 is 0. The summed E-state index contributed by atoms with van der Waals surface area (Å²) in [5.41, 5.74) is 2.97. The van der Waals surface area contributed by atoms with Crippen molar-refractivity contribution in [3.05, 3.63) is 12.8 Å². The average Bonchev–Trinajstić information content (AvgIpc) is 1.83. The lowest BCUT2D eigenvalue weighted by molar-refractivity contribution is 0.300. The second kappa shape index (κ2) is 4.65. The van der Waals surface area contributed by atoms with E-state index in [9.17, 15) is 0 Å². The standard InChI is InChI=1S/C6H14N2/c1-4-6-8(5-2)7-3/h5,7H,2,4,6H2,1,3H3. The molecule has 0 aromatic rings. The molecule has 8 heavy (non-hydrogen) atoms. The molecular formula is C6H14N2. The van der Waals surface area contributed by atoms with Crippen molar-refractivity contribution in [1.82, 2.24) is 10.4 Å². The number of hydrogen-bond donors (Lipinski definition) is 1. The molecule has 0 aromatic heterocycles. The summed E-state index contributed by atoms with van der Waals surface area (Å²) in [6, 6.07) is 0. The monoisotopic (exact) mass is 114 g/mol. The normalized spacial score (nSPS) is 8.75. The topological polar surface area (TPSA) is 15.3 Å². The smallest absolute Gasteiger partial charge is 0.0334 e. The van der Waals surface area contributed by atoms with Crippen molar-refractivity contribution in [2.24, 2.45) is 0 Å². The molecule has 0 aliphatic rings. The Balaban J connectivity index is 3.21. The minimum absolute atomic E-state index is 1.03. The Kier molecular flexibility index (Phi) is 4.36. The van der Waals surface area contributed by atoms with Crippen molar-refractivity contribution in [3.63, 3.8) is 0 Å². The third-order valence-electron chi connectivity index (χ3n) is 0.972. The van der Waals surface area contributed by atoms with Crippen LogP contribution in [-0.4, -0.2) is 18.6 Å².